The summed E-state index contributed by atoms with van der Waals surface area (Å²) < 4.78 is 12.8. The predicted octanol–water partition coefficient (Wildman–Crippen LogP) is 1.67. The van der Waals surface area contributed by atoms with Crippen molar-refractivity contribution >= 4 is 23.1 Å². The number of hydrogen-bond donors (Lipinski definition) is 2. The van der Waals surface area contributed by atoms with E-state index in [-0.39, 0.29) is 17.2 Å². The molecule has 4 nitrogen and oxygen atoms in total. The van der Waals surface area contributed by atoms with E-state index in [1.54, 1.807) is 6.92 Å². The highest BCUT2D eigenvalue weighted by Gasteiger charge is 2.17. The molecule has 18 heavy (non-hydrogen) atoms. The minimum Gasteiger partial charge on any atom is -0.507 e. The number of benzene rings is 1. The van der Waals surface area contributed by atoms with Crippen molar-refractivity contribution in [2.24, 2.45) is 5.73 Å². The van der Waals surface area contributed by atoms with E-state index in [9.17, 15) is 14.3 Å². The Morgan fingerprint density at radius 1 is 1.56 bits per heavy atom. The van der Waals surface area contributed by atoms with Crippen molar-refractivity contribution in [3.05, 3.63) is 29.6 Å². The summed E-state index contributed by atoms with van der Waals surface area (Å²) in [5.41, 5.74) is 5.45. The van der Waals surface area contributed by atoms with Gasteiger partial charge < -0.3 is 15.7 Å². The van der Waals surface area contributed by atoms with Gasteiger partial charge >= 0.3 is 0 Å². The van der Waals surface area contributed by atoms with Crippen molar-refractivity contribution in [2.45, 2.75) is 13.3 Å². The van der Waals surface area contributed by atoms with Gasteiger partial charge in [0.25, 0.3) is 5.91 Å². The molecule has 0 aliphatic rings. The number of rotatable bonds is 5. The van der Waals surface area contributed by atoms with Crippen molar-refractivity contribution in [3.8, 4) is 5.75 Å². The van der Waals surface area contributed by atoms with Crippen LogP contribution in [0, 0.1) is 5.82 Å². The molecule has 0 aromatic heterocycles. The van der Waals surface area contributed by atoms with Crippen LogP contribution in [-0.2, 0) is 0 Å². The third kappa shape index (κ3) is 3.66. The van der Waals surface area contributed by atoms with Gasteiger partial charge in [-0.2, -0.15) is 0 Å². The van der Waals surface area contributed by atoms with Gasteiger partial charge in [-0.25, -0.2) is 4.39 Å². The first kappa shape index (κ1) is 14.4. The summed E-state index contributed by atoms with van der Waals surface area (Å²) in [7, 11) is 0. The van der Waals surface area contributed by atoms with E-state index in [2.05, 4.69) is 0 Å². The number of amides is 1. The van der Waals surface area contributed by atoms with Crippen molar-refractivity contribution in [1.29, 1.82) is 0 Å². The first-order chi connectivity index (χ1) is 8.45. The van der Waals surface area contributed by atoms with E-state index in [4.69, 9.17) is 18.0 Å². The van der Waals surface area contributed by atoms with E-state index in [0.29, 0.717) is 24.5 Å². The molecule has 0 radical (unpaired) electrons. The molecule has 6 heteroatoms. The molecule has 1 amide bonds. The van der Waals surface area contributed by atoms with Gasteiger partial charge in [-0.15, -0.1) is 0 Å². The highest BCUT2D eigenvalue weighted by Crippen LogP contribution is 2.20. The van der Waals surface area contributed by atoms with Crippen LogP contribution in [0.15, 0.2) is 18.2 Å². The monoisotopic (exact) mass is 270 g/mol. The summed E-state index contributed by atoms with van der Waals surface area (Å²) in [6, 6.07) is 3.30. The van der Waals surface area contributed by atoms with Gasteiger partial charge in [0.15, 0.2) is 0 Å². The van der Waals surface area contributed by atoms with Gasteiger partial charge in [-0.05, 0) is 19.1 Å². The molecule has 1 aromatic carbocycles. The zero-order valence-electron chi connectivity index (χ0n) is 10.0. The Hall–Kier alpha value is -1.69. The lowest BCUT2D eigenvalue weighted by Crippen LogP contribution is -2.33. The van der Waals surface area contributed by atoms with Crippen LogP contribution in [0.25, 0.3) is 0 Å². The lowest BCUT2D eigenvalue weighted by atomic mass is 10.1. The van der Waals surface area contributed by atoms with E-state index in [1.807, 2.05) is 0 Å². The minimum atomic E-state index is -0.588. The van der Waals surface area contributed by atoms with Crippen molar-refractivity contribution in [1.82, 2.24) is 4.90 Å². The molecular formula is C12H15FN2O2S. The SMILES string of the molecule is CCN(CCC(N)=S)C(=O)c1ccc(F)cc1O. The summed E-state index contributed by atoms with van der Waals surface area (Å²) in [4.78, 5) is 13.9. The molecule has 98 valence electrons. The van der Waals surface area contributed by atoms with Crippen molar-refractivity contribution < 1.29 is 14.3 Å². The quantitative estimate of drug-likeness (QED) is 0.799. The van der Waals surface area contributed by atoms with Crippen LogP contribution in [0.3, 0.4) is 0 Å². The fourth-order valence-corrected chi connectivity index (χ4v) is 1.60. The van der Waals surface area contributed by atoms with Crippen LogP contribution in [0.4, 0.5) is 4.39 Å². The number of halogens is 1. The van der Waals surface area contributed by atoms with E-state index < -0.39 is 5.82 Å². The Morgan fingerprint density at radius 2 is 2.22 bits per heavy atom. The number of aromatic hydroxyl groups is 1. The third-order valence-electron chi connectivity index (χ3n) is 2.49. The molecule has 1 aromatic rings. The number of carbonyl (C=O) groups is 1. The van der Waals surface area contributed by atoms with Crippen LogP contribution in [0.2, 0.25) is 0 Å². The number of nitrogens with zero attached hydrogens (tertiary/aromatic N) is 1. The van der Waals surface area contributed by atoms with Gasteiger partial charge in [0, 0.05) is 25.6 Å². The topological polar surface area (TPSA) is 66.6 Å². The molecule has 1 rings (SSSR count). The first-order valence-electron chi connectivity index (χ1n) is 5.51. The zero-order chi connectivity index (χ0) is 13.7. The summed E-state index contributed by atoms with van der Waals surface area (Å²) in [5, 5.41) is 9.55. The fraction of sp³-hybridized carbons (Fsp3) is 0.333. The molecular weight excluding hydrogens is 255 g/mol. The standard InChI is InChI=1S/C12H15FN2O2S/c1-2-15(6-5-11(14)18)12(17)9-4-3-8(13)7-10(9)16/h3-4,7,16H,2,5-6H2,1H3,(H2,14,18). The molecule has 0 bridgehead atoms. The Kier molecular flexibility index (Phi) is 5.03. The smallest absolute Gasteiger partial charge is 0.257 e. The second-order valence-electron chi connectivity index (χ2n) is 3.76. The van der Waals surface area contributed by atoms with Gasteiger partial charge in [-0.3, -0.25) is 4.79 Å². The summed E-state index contributed by atoms with van der Waals surface area (Å²) in [5.74, 6) is -1.32. The molecule has 0 saturated heterocycles. The zero-order valence-corrected chi connectivity index (χ0v) is 10.8. The number of nitrogens with two attached hydrogens (primary N) is 1. The maximum absolute atomic E-state index is 12.8. The minimum absolute atomic E-state index is 0.0705. The largest absolute Gasteiger partial charge is 0.507 e. The molecule has 0 fully saturated rings. The predicted molar refractivity (Wildman–Crippen MR) is 71.0 cm³/mol. The highest BCUT2D eigenvalue weighted by molar-refractivity contribution is 7.80. The van der Waals surface area contributed by atoms with Crippen LogP contribution in [0.5, 0.6) is 5.75 Å². The van der Waals surface area contributed by atoms with Gasteiger partial charge in [0.05, 0.1) is 10.6 Å². The Bertz CT molecular complexity index is 465. The van der Waals surface area contributed by atoms with E-state index >= 15 is 0 Å². The van der Waals surface area contributed by atoms with Crippen LogP contribution in [-0.4, -0.2) is 34.0 Å². The molecule has 0 saturated carbocycles. The Labute approximate surface area is 110 Å². The van der Waals surface area contributed by atoms with E-state index in [1.165, 1.54) is 11.0 Å². The molecule has 0 unspecified atom stereocenters. The molecule has 0 heterocycles. The molecule has 3 N–H and O–H groups in total. The van der Waals surface area contributed by atoms with Crippen LogP contribution < -0.4 is 5.73 Å². The summed E-state index contributed by atoms with van der Waals surface area (Å²) in [6.07, 6.45) is 0.414. The molecule has 0 aliphatic heterocycles. The van der Waals surface area contributed by atoms with Crippen molar-refractivity contribution in [2.75, 3.05) is 13.1 Å². The number of thiocarbonyl (C=S) groups is 1. The van der Waals surface area contributed by atoms with Gasteiger partial charge in [-0.1, -0.05) is 12.2 Å². The summed E-state index contributed by atoms with van der Waals surface area (Å²) in [6.45, 7) is 2.64. The average Bonchev–Trinajstić information content (AvgIpc) is 2.29. The van der Waals surface area contributed by atoms with Crippen LogP contribution >= 0.6 is 12.2 Å². The number of carbonyl (C=O) groups excluding carboxylic acids is 1. The first-order valence-corrected chi connectivity index (χ1v) is 5.92. The van der Waals surface area contributed by atoms with E-state index in [0.717, 1.165) is 12.1 Å². The Balaban J connectivity index is 2.86. The lowest BCUT2D eigenvalue weighted by Gasteiger charge is -2.21. The maximum atomic E-state index is 12.8. The van der Waals surface area contributed by atoms with Crippen LogP contribution in [0.1, 0.15) is 23.7 Å². The van der Waals surface area contributed by atoms with Gasteiger partial charge in [0.2, 0.25) is 0 Å². The Morgan fingerprint density at radius 3 is 2.72 bits per heavy atom. The number of phenolic OH excluding ortho intramolecular Hbond substituents is 1. The average molecular weight is 270 g/mol. The normalized spacial score (nSPS) is 10.1. The summed E-state index contributed by atoms with van der Waals surface area (Å²) >= 11 is 4.75. The fourth-order valence-electron chi connectivity index (χ4n) is 1.50. The molecule has 0 spiro atoms. The van der Waals surface area contributed by atoms with Gasteiger partial charge in [0.1, 0.15) is 11.6 Å². The number of hydrogen-bond acceptors (Lipinski definition) is 3. The maximum Gasteiger partial charge on any atom is 0.257 e. The number of phenols is 1. The highest BCUT2D eigenvalue weighted by atomic mass is 32.1. The lowest BCUT2D eigenvalue weighted by molar-refractivity contribution is 0.0766. The second kappa shape index (κ2) is 6.30. The molecule has 0 aliphatic carbocycles. The third-order valence-corrected chi connectivity index (χ3v) is 2.69. The molecule has 0 atom stereocenters. The second-order valence-corrected chi connectivity index (χ2v) is 4.29. The van der Waals surface area contributed by atoms with Crippen molar-refractivity contribution in [3.63, 3.8) is 0 Å².